The summed E-state index contributed by atoms with van der Waals surface area (Å²) in [5, 5.41) is 3.47. The summed E-state index contributed by atoms with van der Waals surface area (Å²) in [5.41, 5.74) is 2.65. The lowest BCUT2D eigenvalue weighted by molar-refractivity contribution is -0.253. The number of ether oxygens (including phenoxy) is 2. The maximum atomic E-state index is 5.61. The summed E-state index contributed by atoms with van der Waals surface area (Å²) < 4.78 is 11.2. The highest BCUT2D eigenvalue weighted by Crippen LogP contribution is 2.17. The highest BCUT2D eigenvalue weighted by molar-refractivity contribution is 5.25. The van der Waals surface area contributed by atoms with Crippen LogP contribution >= 0.6 is 0 Å². The Morgan fingerprint density at radius 1 is 1.24 bits per heavy atom. The van der Waals surface area contributed by atoms with Crippen molar-refractivity contribution in [1.29, 1.82) is 0 Å². The van der Waals surface area contributed by atoms with Crippen molar-refractivity contribution >= 4 is 0 Å². The van der Waals surface area contributed by atoms with Crippen LogP contribution in [0.2, 0.25) is 0 Å². The van der Waals surface area contributed by atoms with E-state index >= 15 is 0 Å². The molecule has 0 aliphatic carbocycles. The molecule has 94 valence electrons. The third kappa shape index (κ3) is 3.53. The van der Waals surface area contributed by atoms with Crippen molar-refractivity contribution in [2.45, 2.75) is 39.1 Å². The van der Waals surface area contributed by atoms with E-state index in [0.29, 0.717) is 13.2 Å². The molecule has 0 atom stereocenters. The van der Waals surface area contributed by atoms with E-state index in [1.807, 2.05) is 13.8 Å². The summed E-state index contributed by atoms with van der Waals surface area (Å²) >= 11 is 0. The van der Waals surface area contributed by atoms with E-state index in [-0.39, 0.29) is 6.04 Å². The van der Waals surface area contributed by atoms with Crippen molar-refractivity contribution in [3.63, 3.8) is 0 Å². The van der Waals surface area contributed by atoms with Crippen LogP contribution in [0, 0.1) is 6.92 Å². The van der Waals surface area contributed by atoms with Crippen molar-refractivity contribution in [1.82, 2.24) is 5.32 Å². The predicted octanol–water partition coefficient (Wildman–Crippen LogP) is 2.24. The molecule has 3 heteroatoms. The van der Waals surface area contributed by atoms with Crippen LogP contribution < -0.4 is 5.32 Å². The molecule has 1 aromatic rings. The maximum absolute atomic E-state index is 5.61. The molecule has 0 spiro atoms. The Morgan fingerprint density at radius 3 is 2.53 bits per heavy atom. The number of rotatable bonds is 3. The molecule has 1 saturated heterocycles. The van der Waals surface area contributed by atoms with Crippen molar-refractivity contribution < 1.29 is 9.47 Å². The molecule has 0 saturated carbocycles. The predicted molar refractivity (Wildman–Crippen MR) is 67.8 cm³/mol. The molecular weight excluding hydrogens is 214 g/mol. The minimum Gasteiger partial charge on any atom is -0.349 e. The average Bonchev–Trinajstić information content (AvgIpc) is 2.30. The highest BCUT2D eigenvalue weighted by Gasteiger charge is 2.27. The van der Waals surface area contributed by atoms with Gasteiger partial charge in [0.25, 0.3) is 0 Å². The van der Waals surface area contributed by atoms with Crippen LogP contribution in [-0.2, 0) is 16.0 Å². The van der Waals surface area contributed by atoms with E-state index in [9.17, 15) is 0 Å². The molecule has 1 aromatic carbocycles. The van der Waals surface area contributed by atoms with Crippen molar-refractivity contribution in [2.75, 3.05) is 13.2 Å². The Hall–Kier alpha value is -0.900. The monoisotopic (exact) mass is 235 g/mol. The number of benzene rings is 1. The van der Waals surface area contributed by atoms with Gasteiger partial charge in [0, 0.05) is 6.54 Å². The fraction of sp³-hybridized carbons (Fsp3) is 0.571. The molecule has 0 amide bonds. The molecule has 0 aromatic heterocycles. The van der Waals surface area contributed by atoms with E-state index in [4.69, 9.17) is 9.47 Å². The third-order valence-corrected chi connectivity index (χ3v) is 3.11. The molecule has 1 aliphatic heterocycles. The van der Waals surface area contributed by atoms with E-state index in [2.05, 4.69) is 36.5 Å². The van der Waals surface area contributed by atoms with Crippen LogP contribution in [0.4, 0.5) is 0 Å². The van der Waals surface area contributed by atoms with Gasteiger partial charge in [-0.3, -0.25) is 0 Å². The van der Waals surface area contributed by atoms with Crippen LogP contribution in [0.5, 0.6) is 0 Å². The number of hydrogen-bond donors (Lipinski definition) is 1. The van der Waals surface area contributed by atoms with Crippen molar-refractivity contribution in [2.24, 2.45) is 0 Å². The zero-order valence-electron chi connectivity index (χ0n) is 10.8. The van der Waals surface area contributed by atoms with Crippen LogP contribution in [-0.4, -0.2) is 25.0 Å². The van der Waals surface area contributed by atoms with Gasteiger partial charge < -0.3 is 14.8 Å². The minimum absolute atomic E-state index is 0.280. The first-order valence-electron chi connectivity index (χ1n) is 6.13. The Balaban J connectivity index is 1.82. The third-order valence-electron chi connectivity index (χ3n) is 3.11. The van der Waals surface area contributed by atoms with Crippen molar-refractivity contribution in [3.05, 3.63) is 35.4 Å². The van der Waals surface area contributed by atoms with E-state index in [0.717, 1.165) is 6.54 Å². The summed E-state index contributed by atoms with van der Waals surface area (Å²) in [7, 11) is 0. The fourth-order valence-electron chi connectivity index (χ4n) is 1.87. The number of aryl methyl sites for hydroxylation is 1. The Bertz CT molecular complexity index is 366. The summed E-state index contributed by atoms with van der Waals surface area (Å²) in [6.07, 6.45) is 0. The van der Waals surface area contributed by atoms with Crippen molar-refractivity contribution in [3.8, 4) is 0 Å². The molecule has 0 bridgehead atoms. The maximum Gasteiger partial charge on any atom is 0.162 e. The zero-order valence-corrected chi connectivity index (χ0v) is 10.8. The van der Waals surface area contributed by atoms with Gasteiger partial charge in [0.1, 0.15) is 0 Å². The molecule has 3 nitrogen and oxygen atoms in total. The summed E-state index contributed by atoms with van der Waals surface area (Å²) in [4.78, 5) is 0. The van der Waals surface area contributed by atoms with Crippen LogP contribution in [0.1, 0.15) is 25.0 Å². The van der Waals surface area contributed by atoms with Gasteiger partial charge in [0.2, 0.25) is 0 Å². The largest absolute Gasteiger partial charge is 0.349 e. The first kappa shape index (κ1) is 12.6. The molecule has 1 fully saturated rings. The van der Waals surface area contributed by atoms with Gasteiger partial charge in [-0.25, -0.2) is 0 Å². The summed E-state index contributed by atoms with van der Waals surface area (Å²) in [6, 6.07) is 8.70. The highest BCUT2D eigenvalue weighted by atomic mass is 16.7. The van der Waals surface area contributed by atoms with Gasteiger partial charge in [-0.2, -0.15) is 0 Å². The van der Waals surface area contributed by atoms with Crippen LogP contribution in [0.15, 0.2) is 24.3 Å². The second-order valence-corrected chi connectivity index (χ2v) is 5.03. The molecule has 1 aliphatic rings. The first-order valence-corrected chi connectivity index (χ1v) is 6.13. The van der Waals surface area contributed by atoms with Crippen LogP contribution in [0.3, 0.4) is 0 Å². The van der Waals surface area contributed by atoms with Gasteiger partial charge in [0.15, 0.2) is 5.79 Å². The van der Waals surface area contributed by atoms with E-state index < -0.39 is 5.79 Å². The van der Waals surface area contributed by atoms with Gasteiger partial charge in [-0.1, -0.05) is 24.3 Å². The number of nitrogens with one attached hydrogen (secondary N) is 1. The normalized spacial score (nSPS) is 20.4. The molecule has 0 radical (unpaired) electrons. The lowest BCUT2D eigenvalue weighted by atomic mass is 10.1. The standard InChI is InChI=1S/C14H21NO2/c1-11-6-4-5-7-12(11)8-15-13-9-16-14(2,3)17-10-13/h4-7,13,15H,8-10H2,1-3H3. The van der Waals surface area contributed by atoms with E-state index in [1.54, 1.807) is 0 Å². The lowest BCUT2D eigenvalue weighted by Crippen LogP contribution is -2.48. The van der Waals surface area contributed by atoms with Gasteiger partial charge >= 0.3 is 0 Å². The molecule has 1 N–H and O–H groups in total. The van der Waals surface area contributed by atoms with E-state index in [1.165, 1.54) is 11.1 Å². The average molecular weight is 235 g/mol. The molecule has 17 heavy (non-hydrogen) atoms. The molecule has 2 rings (SSSR count). The smallest absolute Gasteiger partial charge is 0.162 e. The first-order chi connectivity index (χ1) is 8.07. The fourth-order valence-corrected chi connectivity index (χ4v) is 1.87. The molecular formula is C14H21NO2. The van der Waals surface area contributed by atoms with Gasteiger partial charge in [-0.15, -0.1) is 0 Å². The second kappa shape index (κ2) is 5.17. The SMILES string of the molecule is Cc1ccccc1CNC1COC(C)(C)OC1. The molecule has 0 unspecified atom stereocenters. The Labute approximate surface area is 103 Å². The topological polar surface area (TPSA) is 30.5 Å². The lowest BCUT2D eigenvalue weighted by Gasteiger charge is -2.35. The summed E-state index contributed by atoms with van der Waals surface area (Å²) in [5.74, 6) is -0.430. The summed E-state index contributed by atoms with van der Waals surface area (Å²) in [6.45, 7) is 8.31. The van der Waals surface area contributed by atoms with Crippen LogP contribution in [0.25, 0.3) is 0 Å². The Morgan fingerprint density at radius 2 is 1.88 bits per heavy atom. The number of hydrogen-bond acceptors (Lipinski definition) is 3. The second-order valence-electron chi connectivity index (χ2n) is 5.03. The van der Waals surface area contributed by atoms with Gasteiger partial charge in [0.05, 0.1) is 19.3 Å². The minimum atomic E-state index is -0.430. The zero-order chi connectivity index (χ0) is 12.3. The Kier molecular flexibility index (Phi) is 3.82. The molecule has 1 heterocycles. The van der Waals surface area contributed by atoms with Gasteiger partial charge in [-0.05, 0) is 31.9 Å². The quantitative estimate of drug-likeness (QED) is 0.871.